The van der Waals surface area contributed by atoms with E-state index in [-0.39, 0.29) is 24.8 Å². The Morgan fingerprint density at radius 2 is 1.84 bits per heavy atom. The third-order valence-electron chi connectivity index (χ3n) is 5.44. The molecule has 0 aliphatic carbocycles. The van der Waals surface area contributed by atoms with Crippen LogP contribution in [0, 0.1) is 0 Å². The minimum absolute atomic E-state index is 0.225. The third-order valence-corrected chi connectivity index (χ3v) is 5.93. The lowest BCUT2D eigenvalue weighted by Gasteiger charge is -2.34. The molecule has 0 aromatic heterocycles. The predicted octanol–water partition coefficient (Wildman–Crippen LogP) is 4.87. The van der Waals surface area contributed by atoms with Crippen LogP contribution in [0.5, 0.6) is 23.0 Å². The van der Waals surface area contributed by atoms with E-state index in [0.29, 0.717) is 0 Å². The Balaban J connectivity index is 1.59. The van der Waals surface area contributed by atoms with Gasteiger partial charge in [-0.2, -0.15) is 0 Å². The number of nitrogens with one attached hydrogen (secondary N) is 2. The van der Waals surface area contributed by atoms with Gasteiger partial charge >= 0.3 is 0 Å². The van der Waals surface area contributed by atoms with E-state index in [9.17, 15) is 5.11 Å². The molecule has 0 saturated carbocycles. The van der Waals surface area contributed by atoms with Gasteiger partial charge in [0.05, 0.1) is 13.2 Å². The largest absolute Gasteiger partial charge is 0.508 e. The smallest absolute Gasteiger partial charge is 0.231 e. The molecule has 2 heterocycles. The average molecular weight is 481 g/mol. The summed E-state index contributed by atoms with van der Waals surface area (Å²) in [7, 11) is 1.66. The number of benzene rings is 3. The summed E-state index contributed by atoms with van der Waals surface area (Å²) in [6.45, 7) is 0.227. The molecule has 2 aliphatic heterocycles. The van der Waals surface area contributed by atoms with Crippen LogP contribution in [0.4, 0.5) is 0 Å². The van der Waals surface area contributed by atoms with Gasteiger partial charge in [-0.1, -0.05) is 34.1 Å². The SMILES string of the molecule is COc1ccccc1C1NC(c2ccc3c(c2)OCO3)=CC(c2cc(Br)ccc2O)N1. The Kier molecular flexibility index (Phi) is 5.21. The van der Waals surface area contributed by atoms with E-state index in [1.54, 1.807) is 13.2 Å². The second-order valence-electron chi connectivity index (χ2n) is 7.32. The maximum Gasteiger partial charge on any atom is 0.231 e. The Hall–Kier alpha value is -3.16. The molecule has 3 N–H and O–H groups in total. The van der Waals surface area contributed by atoms with Crippen LogP contribution in [0.15, 0.2) is 71.2 Å². The fraction of sp³-hybridized carbons (Fsp3) is 0.167. The molecule has 2 atom stereocenters. The van der Waals surface area contributed by atoms with Gasteiger partial charge in [0.1, 0.15) is 17.7 Å². The van der Waals surface area contributed by atoms with E-state index in [1.165, 1.54) is 0 Å². The standard InChI is InChI=1S/C24H21BrN2O4/c1-29-21-5-3-2-4-16(21)24-26-18(14-6-9-22-23(10-14)31-13-30-22)12-19(27-24)17-11-15(25)7-8-20(17)28/h2-12,19,24,26-28H,13H2,1H3. The Labute approximate surface area is 188 Å². The fourth-order valence-electron chi connectivity index (χ4n) is 3.91. The minimum atomic E-state index is -0.245. The lowest BCUT2D eigenvalue weighted by Crippen LogP contribution is -2.39. The second kappa shape index (κ2) is 8.17. The summed E-state index contributed by atoms with van der Waals surface area (Å²) in [6.07, 6.45) is 1.82. The molecule has 2 aliphatic rings. The zero-order valence-corrected chi connectivity index (χ0v) is 18.3. The summed E-state index contributed by atoms with van der Waals surface area (Å²) < 4.78 is 17.5. The first-order valence-electron chi connectivity index (χ1n) is 9.88. The molecular formula is C24H21BrN2O4. The lowest BCUT2D eigenvalue weighted by atomic mass is 9.97. The van der Waals surface area contributed by atoms with Crippen LogP contribution in [0.25, 0.3) is 5.70 Å². The predicted molar refractivity (Wildman–Crippen MR) is 121 cm³/mol. The number of halogens is 1. The van der Waals surface area contributed by atoms with E-state index in [2.05, 4.69) is 32.6 Å². The topological polar surface area (TPSA) is 72.0 Å². The van der Waals surface area contributed by atoms with Crippen LogP contribution < -0.4 is 24.8 Å². The lowest BCUT2D eigenvalue weighted by molar-refractivity contribution is 0.174. The zero-order chi connectivity index (χ0) is 21.4. The summed E-state index contributed by atoms with van der Waals surface area (Å²) in [5.74, 6) is 2.45. The molecule has 0 saturated heterocycles. The van der Waals surface area contributed by atoms with Gasteiger partial charge in [0.25, 0.3) is 0 Å². The first-order valence-corrected chi connectivity index (χ1v) is 10.7. The van der Waals surface area contributed by atoms with Crippen molar-refractivity contribution >= 4 is 21.6 Å². The number of aromatic hydroxyl groups is 1. The van der Waals surface area contributed by atoms with Crippen LogP contribution in [0.3, 0.4) is 0 Å². The first-order chi connectivity index (χ1) is 15.1. The van der Waals surface area contributed by atoms with Gasteiger partial charge in [-0.3, -0.25) is 5.32 Å². The summed E-state index contributed by atoms with van der Waals surface area (Å²) in [4.78, 5) is 0. The molecular weight excluding hydrogens is 460 g/mol. The summed E-state index contributed by atoms with van der Waals surface area (Å²) >= 11 is 3.51. The van der Waals surface area contributed by atoms with Gasteiger partial charge in [-0.05, 0) is 48.5 Å². The molecule has 6 nitrogen and oxygen atoms in total. The highest BCUT2D eigenvalue weighted by atomic mass is 79.9. The molecule has 0 radical (unpaired) electrons. The highest BCUT2D eigenvalue weighted by Gasteiger charge is 2.28. The summed E-state index contributed by atoms with van der Waals surface area (Å²) in [5, 5.41) is 17.7. The van der Waals surface area contributed by atoms with E-state index < -0.39 is 0 Å². The van der Waals surface area contributed by atoms with Crippen LogP contribution in [-0.2, 0) is 0 Å². The molecule has 3 aromatic carbocycles. The molecule has 0 bridgehead atoms. The maximum atomic E-state index is 10.6. The van der Waals surface area contributed by atoms with Crippen molar-refractivity contribution in [3.63, 3.8) is 0 Å². The molecule has 5 rings (SSSR count). The van der Waals surface area contributed by atoms with Gasteiger partial charge in [-0.15, -0.1) is 0 Å². The first kappa shape index (κ1) is 19.8. The van der Waals surface area contributed by atoms with Crippen LogP contribution in [-0.4, -0.2) is 19.0 Å². The molecule has 158 valence electrons. The number of hydrogen-bond donors (Lipinski definition) is 3. The number of para-hydroxylation sites is 1. The van der Waals surface area contributed by atoms with Gasteiger partial charge in [0, 0.05) is 26.9 Å². The highest BCUT2D eigenvalue weighted by Crippen LogP contribution is 2.39. The highest BCUT2D eigenvalue weighted by molar-refractivity contribution is 9.10. The van der Waals surface area contributed by atoms with Crippen molar-refractivity contribution < 1.29 is 19.3 Å². The van der Waals surface area contributed by atoms with Crippen molar-refractivity contribution in [2.24, 2.45) is 0 Å². The quantitative estimate of drug-likeness (QED) is 0.494. The average Bonchev–Trinajstić information content (AvgIpc) is 3.28. The van der Waals surface area contributed by atoms with Gasteiger partial charge in [-0.25, -0.2) is 0 Å². The molecule has 3 aromatic rings. The number of phenolic OH excluding ortho intramolecular Hbond substituents is 1. The molecule has 31 heavy (non-hydrogen) atoms. The van der Waals surface area contributed by atoms with Crippen molar-refractivity contribution in [2.75, 3.05) is 13.9 Å². The second-order valence-corrected chi connectivity index (χ2v) is 8.23. The molecule has 2 unspecified atom stereocenters. The van der Waals surface area contributed by atoms with Crippen molar-refractivity contribution in [1.82, 2.24) is 10.6 Å². The van der Waals surface area contributed by atoms with Crippen molar-refractivity contribution in [1.29, 1.82) is 0 Å². The normalized spacial score (nSPS) is 19.5. The van der Waals surface area contributed by atoms with Crippen molar-refractivity contribution in [2.45, 2.75) is 12.2 Å². The summed E-state index contributed by atoms with van der Waals surface area (Å²) in [5.41, 5.74) is 3.62. The number of fused-ring (bicyclic) bond motifs is 1. The molecule has 0 fully saturated rings. The summed E-state index contributed by atoms with van der Waals surface area (Å²) in [6, 6.07) is 18.9. The Morgan fingerprint density at radius 1 is 1.00 bits per heavy atom. The van der Waals surface area contributed by atoms with Crippen LogP contribution in [0.2, 0.25) is 0 Å². The number of ether oxygens (including phenoxy) is 3. The third kappa shape index (κ3) is 3.82. The van der Waals surface area contributed by atoms with Crippen molar-refractivity contribution in [3.8, 4) is 23.0 Å². The van der Waals surface area contributed by atoms with E-state index >= 15 is 0 Å². The molecule has 0 amide bonds. The van der Waals surface area contributed by atoms with Gasteiger partial charge in [0.15, 0.2) is 11.5 Å². The maximum absolute atomic E-state index is 10.6. The number of methoxy groups -OCH3 is 1. The number of phenols is 1. The van der Waals surface area contributed by atoms with E-state index in [0.717, 1.165) is 44.1 Å². The van der Waals surface area contributed by atoms with Crippen LogP contribution in [0.1, 0.15) is 28.9 Å². The van der Waals surface area contributed by atoms with Crippen LogP contribution >= 0.6 is 15.9 Å². The number of hydrogen-bond acceptors (Lipinski definition) is 6. The van der Waals surface area contributed by atoms with E-state index in [1.807, 2.05) is 54.6 Å². The number of rotatable bonds is 4. The van der Waals surface area contributed by atoms with E-state index in [4.69, 9.17) is 14.2 Å². The Morgan fingerprint density at radius 3 is 2.71 bits per heavy atom. The fourth-order valence-corrected chi connectivity index (χ4v) is 4.29. The molecule has 0 spiro atoms. The molecule has 7 heteroatoms. The monoisotopic (exact) mass is 480 g/mol. The zero-order valence-electron chi connectivity index (χ0n) is 16.8. The van der Waals surface area contributed by atoms with Gasteiger partial charge in [0.2, 0.25) is 6.79 Å². The van der Waals surface area contributed by atoms with Gasteiger partial charge < -0.3 is 24.6 Å². The minimum Gasteiger partial charge on any atom is -0.508 e. The van der Waals surface area contributed by atoms with Crippen molar-refractivity contribution in [3.05, 3.63) is 87.9 Å². The Bertz CT molecular complexity index is 1160.